The van der Waals surface area contributed by atoms with Gasteiger partial charge in [-0.05, 0) is 69.2 Å². The second-order valence-corrected chi connectivity index (χ2v) is 7.59. The van der Waals surface area contributed by atoms with Gasteiger partial charge in [0.15, 0.2) is 0 Å². The van der Waals surface area contributed by atoms with Gasteiger partial charge in [-0.1, -0.05) is 6.92 Å². The van der Waals surface area contributed by atoms with Crippen LogP contribution >= 0.6 is 0 Å². The van der Waals surface area contributed by atoms with Crippen molar-refractivity contribution in [3.05, 3.63) is 0 Å². The number of hydrogen-bond donors (Lipinski definition) is 2. The van der Waals surface area contributed by atoms with E-state index in [2.05, 4.69) is 17.1 Å². The zero-order chi connectivity index (χ0) is 13.9. The Kier molecular flexibility index (Phi) is 5.00. The fourth-order valence-corrected chi connectivity index (χ4v) is 4.10. The lowest BCUT2D eigenvalue weighted by molar-refractivity contribution is 0.0198. The van der Waals surface area contributed by atoms with Crippen molar-refractivity contribution in [3.63, 3.8) is 0 Å². The molecule has 1 aliphatic heterocycles. The maximum atomic E-state index is 9.09. The molecule has 0 spiro atoms. The first kappa shape index (κ1) is 14.8. The highest BCUT2D eigenvalue weighted by Crippen LogP contribution is 2.35. The molecule has 116 valence electrons. The van der Waals surface area contributed by atoms with E-state index in [0.717, 1.165) is 30.2 Å². The van der Waals surface area contributed by atoms with Crippen molar-refractivity contribution < 1.29 is 5.11 Å². The Hall–Kier alpha value is -0.120. The van der Waals surface area contributed by atoms with Gasteiger partial charge in [-0.25, -0.2) is 0 Å². The summed E-state index contributed by atoms with van der Waals surface area (Å²) >= 11 is 0. The number of rotatable bonds is 7. The molecule has 20 heavy (non-hydrogen) atoms. The summed E-state index contributed by atoms with van der Waals surface area (Å²) in [6.07, 6.45) is 9.22. The monoisotopic (exact) mass is 280 g/mol. The molecule has 0 radical (unpaired) electrons. The van der Waals surface area contributed by atoms with Gasteiger partial charge in [0.2, 0.25) is 0 Å². The van der Waals surface area contributed by atoms with Crippen LogP contribution in [0.4, 0.5) is 0 Å². The van der Waals surface area contributed by atoms with Crippen LogP contribution in [0.3, 0.4) is 0 Å². The maximum absolute atomic E-state index is 9.09. The Labute approximate surface area is 124 Å². The highest BCUT2D eigenvalue weighted by Gasteiger charge is 2.37. The first-order chi connectivity index (χ1) is 9.76. The molecule has 0 aromatic rings. The van der Waals surface area contributed by atoms with Crippen LogP contribution in [-0.4, -0.2) is 48.3 Å². The Morgan fingerprint density at radius 2 is 1.95 bits per heavy atom. The molecular formula is C17H32N2O. The average Bonchev–Trinajstić information content (AvgIpc) is 3.25. The predicted molar refractivity (Wildman–Crippen MR) is 82.7 cm³/mol. The first-order valence-electron chi connectivity index (χ1n) is 8.84. The van der Waals surface area contributed by atoms with E-state index in [1.54, 1.807) is 0 Å². The highest BCUT2D eigenvalue weighted by atomic mass is 16.2. The first-order valence-corrected chi connectivity index (χ1v) is 8.84. The lowest BCUT2D eigenvalue weighted by Gasteiger charge is -2.48. The van der Waals surface area contributed by atoms with Crippen molar-refractivity contribution in [2.75, 3.05) is 26.2 Å². The van der Waals surface area contributed by atoms with Gasteiger partial charge in [0.1, 0.15) is 0 Å². The molecule has 3 aliphatic rings. The van der Waals surface area contributed by atoms with Gasteiger partial charge < -0.3 is 10.4 Å². The van der Waals surface area contributed by atoms with E-state index < -0.39 is 0 Å². The van der Waals surface area contributed by atoms with Crippen molar-refractivity contribution in [2.24, 2.45) is 17.8 Å². The molecule has 2 aliphatic carbocycles. The van der Waals surface area contributed by atoms with Gasteiger partial charge in [-0.2, -0.15) is 0 Å². The number of aliphatic hydroxyl groups excluding tert-OH is 1. The average molecular weight is 280 g/mol. The van der Waals surface area contributed by atoms with E-state index in [-0.39, 0.29) is 0 Å². The summed E-state index contributed by atoms with van der Waals surface area (Å²) in [5, 5.41) is 12.9. The summed E-state index contributed by atoms with van der Waals surface area (Å²) in [6.45, 7) is 6.55. The quantitative estimate of drug-likeness (QED) is 0.751. The van der Waals surface area contributed by atoms with Crippen LogP contribution in [0.25, 0.3) is 0 Å². The fourth-order valence-electron chi connectivity index (χ4n) is 4.10. The smallest absolute Gasteiger partial charge is 0.0431 e. The molecule has 2 saturated carbocycles. The minimum absolute atomic E-state index is 0.358. The lowest BCUT2D eigenvalue weighted by Crippen LogP contribution is -2.56. The SMILES string of the molecule is CC1CCC1N1CC(CCCO)CC(NCC2CC2)C1. The molecule has 0 aromatic carbocycles. The largest absolute Gasteiger partial charge is 0.396 e. The zero-order valence-corrected chi connectivity index (χ0v) is 13.1. The maximum Gasteiger partial charge on any atom is 0.0431 e. The third-order valence-electron chi connectivity index (χ3n) is 5.77. The summed E-state index contributed by atoms with van der Waals surface area (Å²) in [4.78, 5) is 2.77. The Bertz CT molecular complexity index is 305. The lowest BCUT2D eigenvalue weighted by atomic mass is 9.77. The molecule has 1 heterocycles. The number of likely N-dealkylation sites (tertiary alicyclic amines) is 1. The minimum atomic E-state index is 0.358. The number of piperidine rings is 1. The van der Waals surface area contributed by atoms with Crippen LogP contribution in [0.1, 0.15) is 51.9 Å². The molecule has 0 bridgehead atoms. The van der Waals surface area contributed by atoms with Gasteiger partial charge in [0, 0.05) is 31.8 Å². The zero-order valence-electron chi connectivity index (χ0n) is 13.1. The number of hydrogen-bond acceptors (Lipinski definition) is 3. The highest BCUT2D eigenvalue weighted by molar-refractivity contribution is 4.93. The standard InChI is InChI=1S/C17H32N2O/c1-13-4-7-17(13)19-11-15(3-2-8-20)9-16(12-19)18-10-14-5-6-14/h13-18,20H,2-12H2,1H3. The Morgan fingerprint density at radius 1 is 1.10 bits per heavy atom. The second kappa shape index (κ2) is 6.76. The van der Waals surface area contributed by atoms with E-state index in [4.69, 9.17) is 5.11 Å². The third-order valence-corrected chi connectivity index (χ3v) is 5.77. The van der Waals surface area contributed by atoms with E-state index >= 15 is 0 Å². The fraction of sp³-hybridized carbons (Fsp3) is 1.00. The predicted octanol–water partition coefficient (Wildman–Crippen LogP) is 2.25. The van der Waals surface area contributed by atoms with E-state index in [0.29, 0.717) is 12.6 Å². The molecule has 0 aromatic heterocycles. The van der Waals surface area contributed by atoms with E-state index in [9.17, 15) is 0 Å². The van der Waals surface area contributed by atoms with Crippen LogP contribution in [0.15, 0.2) is 0 Å². The van der Waals surface area contributed by atoms with Gasteiger partial charge in [0.05, 0.1) is 0 Å². The number of aliphatic hydroxyl groups is 1. The Morgan fingerprint density at radius 3 is 2.55 bits per heavy atom. The topological polar surface area (TPSA) is 35.5 Å². The van der Waals surface area contributed by atoms with E-state index in [1.807, 2.05) is 0 Å². The molecule has 3 rings (SSSR count). The summed E-state index contributed by atoms with van der Waals surface area (Å²) in [7, 11) is 0. The molecule has 3 nitrogen and oxygen atoms in total. The van der Waals surface area contributed by atoms with Gasteiger partial charge in [-0.3, -0.25) is 4.90 Å². The summed E-state index contributed by atoms with van der Waals surface area (Å²) in [6, 6.07) is 1.54. The van der Waals surface area contributed by atoms with Crippen LogP contribution in [-0.2, 0) is 0 Å². The van der Waals surface area contributed by atoms with Crippen molar-refractivity contribution >= 4 is 0 Å². The van der Waals surface area contributed by atoms with Crippen LogP contribution in [0, 0.1) is 17.8 Å². The molecule has 3 heteroatoms. The third kappa shape index (κ3) is 3.75. The summed E-state index contributed by atoms with van der Waals surface area (Å²) in [5.41, 5.74) is 0. The molecule has 2 N–H and O–H groups in total. The molecule has 4 atom stereocenters. The second-order valence-electron chi connectivity index (χ2n) is 7.59. The van der Waals surface area contributed by atoms with Crippen molar-refractivity contribution in [1.29, 1.82) is 0 Å². The normalized spacial score (nSPS) is 38.7. The van der Waals surface area contributed by atoms with Crippen LogP contribution in [0.5, 0.6) is 0 Å². The number of nitrogens with one attached hydrogen (secondary N) is 1. The van der Waals surface area contributed by atoms with Crippen molar-refractivity contribution in [2.45, 2.75) is 64.0 Å². The van der Waals surface area contributed by atoms with Crippen molar-refractivity contribution in [1.82, 2.24) is 10.2 Å². The van der Waals surface area contributed by atoms with Gasteiger partial charge in [-0.15, -0.1) is 0 Å². The molecule has 3 fully saturated rings. The molecule has 4 unspecified atom stereocenters. The molecule has 1 saturated heterocycles. The minimum Gasteiger partial charge on any atom is -0.396 e. The Balaban J connectivity index is 1.52. The van der Waals surface area contributed by atoms with Crippen molar-refractivity contribution in [3.8, 4) is 0 Å². The van der Waals surface area contributed by atoms with Crippen LogP contribution < -0.4 is 5.32 Å². The van der Waals surface area contributed by atoms with Gasteiger partial charge >= 0.3 is 0 Å². The van der Waals surface area contributed by atoms with Crippen LogP contribution in [0.2, 0.25) is 0 Å². The number of nitrogens with zero attached hydrogens (tertiary/aromatic N) is 1. The summed E-state index contributed by atoms with van der Waals surface area (Å²) < 4.78 is 0. The molecular weight excluding hydrogens is 248 g/mol. The van der Waals surface area contributed by atoms with E-state index in [1.165, 1.54) is 58.2 Å². The summed E-state index contributed by atoms with van der Waals surface area (Å²) in [5.74, 6) is 2.67. The van der Waals surface area contributed by atoms with Gasteiger partial charge in [0.25, 0.3) is 0 Å². The molecule has 0 amide bonds.